The number of benzene rings is 1. The molecular formula is C20H27N5O2. The van der Waals surface area contributed by atoms with E-state index < -0.39 is 0 Å². The molecule has 0 aliphatic carbocycles. The number of amides is 1. The third-order valence-corrected chi connectivity index (χ3v) is 5.56. The minimum absolute atomic E-state index is 0.0132. The number of carbonyl (C=O) groups excluding carboxylic acids is 1. The molecule has 7 nitrogen and oxygen atoms in total. The fraction of sp³-hybridized carbons (Fsp3) is 0.550. The summed E-state index contributed by atoms with van der Waals surface area (Å²) in [6, 6.07) is 5.98. The Kier molecular flexibility index (Phi) is 4.03. The van der Waals surface area contributed by atoms with Gasteiger partial charge in [0.15, 0.2) is 0 Å². The predicted molar refractivity (Wildman–Crippen MR) is 106 cm³/mol. The average Bonchev–Trinajstić information content (AvgIpc) is 3.13. The normalized spacial score (nSPS) is 27.7. The molecule has 0 spiro atoms. The number of hydrogen-bond acceptors (Lipinski definition) is 5. The number of anilines is 1. The topological polar surface area (TPSA) is 88.1 Å². The number of rotatable bonds is 2. The van der Waals surface area contributed by atoms with Crippen molar-refractivity contribution in [2.75, 3.05) is 5.32 Å². The number of para-hydroxylation sites is 1. The van der Waals surface area contributed by atoms with Crippen molar-refractivity contribution < 1.29 is 4.79 Å². The van der Waals surface area contributed by atoms with Crippen molar-refractivity contribution in [3.8, 4) is 0 Å². The Labute approximate surface area is 158 Å². The van der Waals surface area contributed by atoms with Crippen LogP contribution in [0.4, 0.5) is 5.95 Å². The average molecular weight is 369 g/mol. The Balaban J connectivity index is 1.80. The van der Waals surface area contributed by atoms with Gasteiger partial charge in [0, 0.05) is 30.7 Å². The van der Waals surface area contributed by atoms with Gasteiger partial charge in [0.1, 0.15) is 0 Å². The van der Waals surface area contributed by atoms with E-state index in [1.807, 2.05) is 45.9 Å². The molecule has 1 amide bonds. The largest absolute Gasteiger partial charge is 0.352 e. The van der Waals surface area contributed by atoms with Gasteiger partial charge in [0.25, 0.3) is 5.56 Å². The van der Waals surface area contributed by atoms with Crippen molar-refractivity contribution in [3.63, 3.8) is 0 Å². The van der Waals surface area contributed by atoms with Crippen molar-refractivity contribution in [3.05, 3.63) is 34.1 Å². The summed E-state index contributed by atoms with van der Waals surface area (Å²) in [4.78, 5) is 29.9. The summed E-state index contributed by atoms with van der Waals surface area (Å²) in [7, 11) is 1.74. The summed E-state index contributed by atoms with van der Waals surface area (Å²) in [5, 5.41) is 10.5. The second kappa shape index (κ2) is 6.05. The molecule has 2 aliphatic heterocycles. The van der Waals surface area contributed by atoms with Gasteiger partial charge in [-0.3, -0.25) is 14.2 Å². The highest BCUT2D eigenvalue weighted by Gasteiger charge is 2.47. The SMILES string of the molecule is CC1NC(=O)C2CC(c3cccc4c(=O)n(C)c(NC(C)(C)C)nc34)NC12. The van der Waals surface area contributed by atoms with Gasteiger partial charge in [-0.05, 0) is 45.7 Å². The van der Waals surface area contributed by atoms with Gasteiger partial charge >= 0.3 is 0 Å². The first-order valence-electron chi connectivity index (χ1n) is 9.50. The van der Waals surface area contributed by atoms with Gasteiger partial charge in [0.2, 0.25) is 11.9 Å². The Morgan fingerprint density at radius 3 is 2.67 bits per heavy atom. The first-order chi connectivity index (χ1) is 12.7. The van der Waals surface area contributed by atoms with Gasteiger partial charge in [-0.1, -0.05) is 12.1 Å². The molecule has 27 heavy (non-hydrogen) atoms. The van der Waals surface area contributed by atoms with E-state index in [9.17, 15) is 9.59 Å². The quantitative estimate of drug-likeness (QED) is 0.750. The van der Waals surface area contributed by atoms with E-state index in [1.54, 1.807) is 11.6 Å². The molecule has 7 heteroatoms. The highest BCUT2D eigenvalue weighted by Crippen LogP contribution is 2.37. The van der Waals surface area contributed by atoms with Crippen LogP contribution in [0.2, 0.25) is 0 Å². The fourth-order valence-corrected chi connectivity index (χ4v) is 4.26. The van der Waals surface area contributed by atoms with Gasteiger partial charge < -0.3 is 16.0 Å². The lowest BCUT2D eigenvalue weighted by Gasteiger charge is -2.24. The van der Waals surface area contributed by atoms with E-state index >= 15 is 0 Å². The van der Waals surface area contributed by atoms with Gasteiger partial charge in [0.05, 0.1) is 16.8 Å². The van der Waals surface area contributed by atoms with E-state index in [4.69, 9.17) is 4.98 Å². The van der Waals surface area contributed by atoms with Crippen LogP contribution < -0.4 is 21.5 Å². The molecule has 2 aromatic rings. The van der Waals surface area contributed by atoms with Crippen LogP contribution >= 0.6 is 0 Å². The molecule has 0 saturated carbocycles. The zero-order valence-corrected chi connectivity index (χ0v) is 16.5. The summed E-state index contributed by atoms with van der Waals surface area (Å²) >= 11 is 0. The molecule has 1 aromatic heterocycles. The zero-order valence-electron chi connectivity index (χ0n) is 16.5. The second-order valence-corrected chi connectivity index (χ2v) is 8.80. The summed E-state index contributed by atoms with van der Waals surface area (Å²) in [5.41, 5.74) is 1.41. The lowest BCUT2D eigenvalue weighted by atomic mass is 9.95. The lowest BCUT2D eigenvalue weighted by Crippen LogP contribution is -2.37. The van der Waals surface area contributed by atoms with E-state index in [0.717, 1.165) is 12.0 Å². The van der Waals surface area contributed by atoms with Crippen molar-refractivity contribution >= 4 is 22.8 Å². The zero-order chi connectivity index (χ0) is 19.5. The molecule has 3 heterocycles. The van der Waals surface area contributed by atoms with E-state index in [0.29, 0.717) is 16.9 Å². The number of nitrogens with zero attached hydrogens (tertiary/aromatic N) is 2. The van der Waals surface area contributed by atoms with Crippen molar-refractivity contribution in [1.29, 1.82) is 0 Å². The highest BCUT2D eigenvalue weighted by atomic mass is 16.2. The molecular weight excluding hydrogens is 342 g/mol. The predicted octanol–water partition coefficient (Wildman–Crippen LogP) is 1.68. The molecule has 3 N–H and O–H groups in total. The van der Waals surface area contributed by atoms with Crippen LogP contribution in [0.25, 0.3) is 10.9 Å². The number of hydrogen-bond donors (Lipinski definition) is 3. The van der Waals surface area contributed by atoms with Crippen molar-refractivity contribution in [1.82, 2.24) is 20.2 Å². The Hall–Kier alpha value is -2.41. The van der Waals surface area contributed by atoms with Crippen LogP contribution in [0.1, 0.15) is 45.7 Å². The van der Waals surface area contributed by atoms with Gasteiger partial charge in [-0.2, -0.15) is 0 Å². The van der Waals surface area contributed by atoms with E-state index in [2.05, 4.69) is 16.0 Å². The number of nitrogens with one attached hydrogen (secondary N) is 3. The number of aromatic nitrogens is 2. The van der Waals surface area contributed by atoms with Crippen molar-refractivity contribution in [2.24, 2.45) is 13.0 Å². The van der Waals surface area contributed by atoms with Crippen LogP contribution in [0.3, 0.4) is 0 Å². The van der Waals surface area contributed by atoms with Gasteiger partial charge in [-0.25, -0.2) is 4.98 Å². The molecule has 2 aliphatic rings. The molecule has 1 aromatic carbocycles. The van der Waals surface area contributed by atoms with Crippen LogP contribution in [0.15, 0.2) is 23.0 Å². The minimum atomic E-state index is -0.212. The Morgan fingerprint density at radius 2 is 2.00 bits per heavy atom. The van der Waals surface area contributed by atoms with Crippen LogP contribution in [-0.2, 0) is 11.8 Å². The van der Waals surface area contributed by atoms with E-state index in [-0.39, 0.29) is 41.0 Å². The van der Waals surface area contributed by atoms with Gasteiger partial charge in [-0.15, -0.1) is 0 Å². The molecule has 0 bridgehead atoms. The highest BCUT2D eigenvalue weighted by molar-refractivity contribution is 5.85. The second-order valence-electron chi connectivity index (χ2n) is 8.80. The molecule has 144 valence electrons. The third-order valence-electron chi connectivity index (χ3n) is 5.56. The monoisotopic (exact) mass is 369 g/mol. The maximum Gasteiger partial charge on any atom is 0.262 e. The third kappa shape index (κ3) is 3.00. The standard InChI is InChI=1S/C20H27N5O2/c1-10-15-13(17(26)21-10)9-14(22-15)11-7-6-8-12-16(11)23-19(24-20(2,3)4)25(5)18(12)27/h6-8,10,13-15,22H,9H2,1-5H3,(H,21,26)(H,23,24). The first-order valence-corrected chi connectivity index (χ1v) is 9.50. The van der Waals surface area contributed by atoms with Crippen LogP contribution in [-0.4, -0.2) is 33.1 Å². The lowest BCUT2D eigenvalue weighted by molar-refractivity contribution is -0.122. The summed E-state index contributed by atoms with van der Waals surface area (Å²) in [6.07, 6.45) is 0.721. The minimum Gasteiger partial charge on any atom is -0.352 e. The maximum atomic E-state index is 12.9. The summed E-state index contributed by atoms with van der Waals surface area (Å²) in [6.45, 7) is 8.14. The van der Waals surface area contributed by atoms with Crippen LogP contribution in [0, 0.1) is 5.92 Å². The molecule has 2 saturated heterocycles. The molecule has 0 radical (unpaired) electrons. The molecule has 4 unspecified atom stereocenters. The van der Waals surface area contributed by atoms with Crippen LogP contribution in [0.5, 0.6) is 0 Å². The first kappa shape index (κ1) is 18.0. The molecule has 4 atom stereocenters. The molecule has 4 rings (SSSR count). The fourth-order valence-electron chi connectivity index (χ4n) is 4.26. The van der Waals surface area contributed by atoms with Crippen molar-refractivity contribution in [2.45, 2.75) is 57.8 Å². The Morgan fingerprint density at radius 1 is 1.26 bits per heavy atom. The number of fused-ring (bicyclic) bond motifs is 2. The summed E-state index contributed by atoms with van der Waals surface area (Å²) < 4.78 is 1.56. The smallest absolute Gasteiger partial charge is 0.262 e. The number of carbonyl (C=O) groups is 1. The van der Waals surface area contributed by atoms with E-state index in [1.165, 1.54) is 0 Å². The Bertz CT molecular complexity index is 975. The summed E-state index contributed by atoms with van der Waals surface area (Å²) in [5.74, 6) is 0.637. The maximum absolute atomic E-state index is 12.9. The molecule has 2 fully saturated rings.